The van der Waals surface area contributed by atoms with Crippen LogP contribution in [0, 0.1) is 18.3 Å². The number of anilines is 1. The maximum atomic E-state index is 13.3. The third kappa shape index (κ3) is 4.03. The number of hydrogen-bond donors (Lipinski definition) is 0. The zero-order valence-corrected chi connectivity index (χ0v) is 17.3. The van der Waals surface area contributed by atoms with E-state index in [9.17, 15) is 10.1 Å². The van der Waals surface area contributed by atoms with Gasteiger partial charge in [-0.15, -0.1) is 11.3 Å². The van der Waals surface area contributed by atoms with Gasteiger partial charge in [0.05, 0.1) is 16.1 Å². The number of carbonyl (C=O) groups excluding carboxylic acids is 1. The number of benzene rings is 2. The van der Waals surface area contributed by atoms with Crippen molar-refractivity contribution >= 4 is 22.9 Å². The second-order valence-corrected chi connectivity index (χ2v) is 8.21. The van der Waals surface area contributed by atoms with E-state index in [1.54, 1.807) is 0 Å². The quantitative estimate of drug-likeness (QED) is 0.624. The van der Waals surface area contributed by atoms with Crippen LogP contribution in [0.1, 0.15) is 27.2 Å². The molecule has 0 unspecified atom stereocenters. The molecule has 0 saturated carbocycles. The van der Waals surface area contributed by atoms with Gasteiger partial charge in [-0.25, -0.2) is 0 Å². The zero-order chi connectivity index (χ0) is 20.2. The lowest BCUT2D eigenvalue weighted by molar-refractivity contribution is 0.0772. The van der Waals surface area contributed by atoms with E-state index in [2.05, 4.69) is 42.2 Å². The van der Waals surface area contributed by atoms with Gasteiger partial charge in [-0.1, -0.05) is 42.0 Å². The molecule has 1 fully saturated rings. The van der Waals surface area contributed by atoms with E-state index in [0.717, 1.165) is 47.7 Å². The van der Waals surface area contributed by atoms with Crippen LogP contribution in [0.4, 0.5) is 5.69 Å². The second-order valence-electron chi connectivity index (χ2n) is 7.29. The highest BCUT2D eigenvalue weighted by atomic mass is 32.1. The highest BCUT2D eigenvalue weighted by Gasteiger charge is 2.24. The smallest absolute Gasteiger partial charge is 0.264 e. The van der Waals surface area contributed by atoms with Gasteiger partial charge in [0, 0.05) is 31.7 Å². The summed E-state index contributed by atoms with van der Waals surface area (Å²) < 4.78 is 0. The van der Waals surface area contributed by atoms with Crippen LogP contribution in [0.5, 0.6) is 0 Å². The second kappa shape index (κ2) is 8.50. The molecule has 2 heterocycles. The largest absolute Gasteiger partial charge is 0.369 e. The molecule has 1 aliphatic heterocycles. The fourth-order valence-electron chi connectivity index (χ4n) is 3.78. The van der Waals surface area contributed by atoms with Crippen molar-refractivity contribution in [1.29, 1.82) is 5.26 Å². The molecule has 0 N–H and O–H groups in total. The van der Waals surface area contributed by atoms with Gasteiger partial charge < -0.3 is 9.80 Å². The van der Waals surface area contributed by atoms with Crippen molar-refractivity contribution in [3.63, 3.8) is 0 Å². The van der Waals surface area contributed by atoms with E-state index < -0.39 is 0 Å². The Morgan fingerprint density at radius 2 is 1.79 bits per heavy atom. The van der Waals surface area contributed by atoms with Crippen LogP contribution in [0.25, 0.3) is 11.1 Å². The fourth-order valence-corrected chi connectivity index (χ4v) is 4.67. The highest BCUT2D eigenvalue weighted by molar-refractivity contribution is 7.12. The van der Waals surface area contributed by atoms with Gasteiger partial charge in [0.25, 0.3) is 5.91 Å². The zero-order valence-electron chi connectivity index (χ0n) is 16.5. The van der Waals surface area contributed by atoms with Gasteiger partial charge in [0.1, 0.15) is 6.07 Å². The summed E-state index contributed by atoms with van der Waals surface area (Å²) in [5, 5.41) is 11.4. The molecule has 1 saturated heterocycles. The van der Waals surface area contributed by atoms with E-state index in [-0.39, 0.29) is 5.91 Å². The Morgan fingerprint density at radius 3 is 2.59 bits per heavy atom. The molecule has 1 aliphatic rings. The number of thiophene rings is 1. The predicted octanol–water partition coefficient (Wildman–Crippen LogP) is 4.95. The fraction of sp³-hybridized carbons (Fsp3) is 0.250. The molecule has 0 radical (unpaired) electrons. The Kier molecular flexibility index (Phi) is 5.64. The summed E-state index contributed by atoms with van der Waals surface area (Å²) in [6, 6.07) is 20.3. The lowest BCUT2D eigenvalue weighted by atomic mass is 10.0. The summed E-state index contributed by atoms with van der Waals surface area (Å²) in [4.78, 5) is 18.3. The average molecular weight is 402 g/mol. The summed E-state index contributed by atoms with van der Waals surface area (Å²) in [5.74, 6) is 0.103. The molecule has 4 rings (SSSR count). The minimum absolute atomic E-state index is 0.103. The van der Waals surface area contributed by atoms with Crippen molar-refractivity contribution in [3.8, 4) is 17.2 Å². The Labute approximate surface area is 175 Å². The molecule has 5 heteroatoms. The lowest BCUT2D eigenvalue weighted by Gasteiger charge is -2.24. The van der Waals surface area contributed by atoms with Crippen LogP contribution in [0.2, 0.25) is 0 Å². The van der Waals surface area contributed by atoms with Crippen LogP contribution in [-0.2, 0) is 0 Å². The molecule has 0 spiro atoms. The Balaban J connectivity index is 1.52. The van der Waals surface area contributed by atoms with Gasteiger partial charge in [-0.3, -0.25) is 4.79 Å². The number of rotatable bonds is 3. The molecule has 0 atom stereocenters. The first-order valence-electron chi connectivity index (χ1n) is 9.85. The van der Waals surface area contributed by atoms with Gasteiger partial charge in [-0.05, 0) is 42.5 Å². The van der Waals surface area contributed by atoms with Crippen LogP contribution in [-0.4, -0.2) is 37.0 Å². The number of hydrogen-bond acceptors (Lipinski definition) is 4. The molecule has 3 aromatic rings. The Morgan fingerprint density at radius 1 is 1.00 bits per heavy atom. The molecule has 4 nitrogen and oxygen atoms in total. The number of amides is 1. The maximum Gasteiger partial charge on any atom is 0.264 e. The van der Waals surface area contributed by atoms with Crippen LogP contribution >= 0.6 is 11.3 Å². The van der Waals surface area contributed by atoms with Gasteiger partial charge in [0.15, 0.2) is 0 Å². The topological polar surface area (TPSA) is 47.3 Å². The summed E-state index contributed by atoms with van der Waals surface area (Å²) in [6.45, 7) is 5.03. The lowest BCUT2D eigenvalue weighted by Crippen LogP contribution is -2.35. The molecule has 1 amide bonds. The van der Waals surface area contributed by atoms with E-state index in [1.165, 1.54) is 16.9 Å². The third-order valence-corrected chi connectivity index (χ3v) is 6.27. The van der Waals surface area contributed by atoms with E-state index in [0.29, 0.717) is 12.1 Å². The molecule has 1 aromatic heterocycles. The van der Waals surface area contributed by atoms with Crippen molar-refractivity contribution in [2.75, 3.05) is 31.1 Å². The predicted molar refractivity (Wildman–Crippen MR) is 118 cm³/mol. The maximum absolute atomic E-state index is 13.3. The Bertz CT molecular complexity index is 1050. The first kappa shape index (κ1) is 19.2. The van der Waals surface area contributed by atoms with Crippen molar-refractivity contribution in [2.45, 2.75) is 13.3 Å². The summed E-state index contributed by atoms with van der Waals surface area (Å²) >= 11 is 1.51. The van der Waals surface area contributed by atoms with Crippen molar-refractivity contribution in [2.24, 2.45) is 0 Å². The van der Waals surface area contributed by atoms with Crippen molar-refractivity contribution in [3.05, 3.63) is 76.0 Å². The van der Waals surface area contributed by atoms with E-state index in [4.69, 9.17) is 0 Å². The van der Waals surface area contributed by atoms with E-state index >= 15 is 0 Å². The molecule has 0 aliphatic carbocycles. The summed E-state index contributed by atoms with van der Waals surface area (Å²) in [6.07, 6.45) is 0.886. The Hall–Kier alpha value is -3.10. The van der Waals surface area contributed by atoms with E-state index in [1.807, 2.05) is 40.6 Å². The number of nitriles is 1. The van der Waals surface area contributed by atoms with Crippen LogP contribution < -0.4 is 4.90 Å². The van der Waals surface area contributed by atoms with Gasteiger partial charge in [-0.2, -0.15) is 5.26 Å². The molecule has 0 bridgehead atoms. The minimum atomic E-state index is 0.103. The standard InChI is InChI=1S/C24H23N3OS/c1-18-7-9-19(10-8-18)21-11-16-29-23(21)24(28)27-13-4-12-26(14-15-27)22-6-3-2-5-20(22)17-25/h2-3,5-11,16H,4,12-15H2,1H3. The van der Waals surface area contributed by atoms with Crippen molar-refractivity contribution < 1.29 is 4.79 Å². The summed E-state index contributed by atoms with van der Waals surface area (Å²) in [7, 11) is 0. The first-order valence-corrected chi connectivity index (χ1v) is 10.7. The average Bonchev–Trinajstić information content (AvgIpc) is 3.11. The van der Waals surface area contributed by atoms with Gasteiger partial charge >= 0.3 is 0 Å². The molecule has 146 valence electrons. The van der Waals surface area contributed by atoms with Gasteiger partial charge in [0.2, 0.25) is 0 Å². The van der Waals surface area contributed by atoms with Crippen LogP contribution in [0.3, 0.4) is 0 Å². The SMILES string of the molecule is Cc1ccc(-c2ccsc2C(=O)N2CCCN(c3ccccc3C#N)CC2)cc1. The first-order chi connectivity index (χ1) is 14.2. The van der Waals surface area contributed by atoms with Crippen LogP contribution in [0.15, 0.2) is 60.0 Å². The molecule has 29 heavy (non-hydrogen) atoms. The number of carbonyl (C=O) groups is 1. The number of aryl methyl sites for hydroxylation is 1. The summed E-state index contributed by atoms with van der Waals surface area (Å²) in [5.41, 5.74) is 4.95. The molecular formula is C24H23N3OS. The monoisotopic (exact) mass is 401 g/mol. The molecule has 2 aromatic carbocycles. The normalized spacial score (nSPS) is 14.3. The minimum Gasteiger partial charge on any atom is -0.369 e. The van der Waals surface area contributed by atoms with Crippen molar-refractivity contribution in [1.82, 2.24) is 4.90 Å². The number of para-hydroxylation sites is 1. The third-order valence-electron chi connectivity index (χ3n) is 5.37. The molecular weight excluding hydrogens is 378 g/mol. The number of nitrogens with zero attached hydrogens (tertiary/aromatic N) is 3. The highest BCUT2D eigenvalue weighted by Crippen LogP contribution is 2.30.